The fraction of sp³-hybridized carbons (Fsp3) is 0.136. The third-order valence-electron chi connectivity index (χ3n) is 4.10. The average Bonchev–Trinajstić information content (AvgIpc) is 3.26. The summed E-state index contributed by atoms with van der Waals surface area (Å²) < 4.78 is 35.1. The van der Waals surface area contributed by atoms with Gasteiger partial charge in [0.25, 0.3) is 0 Å². The van der Waals surface area contributed by atoms with Crippen molar-refractivity contribution in [2.24, 2.45) is 0 Å². The number of para-hydroxylation sites is 1. The molecule has 7 heteroatoms. The molecule has 1 atom stereocenters. The van der Waals surface area contributed by atoms with E-state index in [9.17, 15) is 13.6 Å². The zero-order valence-corrected chi connectivity index (χ0v) is 16.4. The first-order chi connectivity index (χ1) is 14.1. The molecule has 1 aromatic heterocycles. The zero-order chi connectivity index (χ0) is 20.6. The molecule has 0 fully saturated rings. The number of hydrogen-bond donors (Lipinski definition) is 1. The Kier molecular flexibility index (Phi) is 6.97. The minimum absolute atomic E-state index is 0.119. The van der Waals surface area contributed by atoms with Gasteiger partial charge in [0.05, 0.1) is 13.2 Å². The van der Waals surface area contributed by atoms with E-state index in [0.717, 1.165) is 10.4 Å². The first-order valence-corrected chi connectivity index (χ1v) is 9.65. The highest BCUT2D eigenvalue weighted by Gasteiger charge is 2.17. The van der Waals surface area contributed by atoms with Gasteiger partial charge in [0.1, 0.15) is 0 Å². The Balaban J connectivity index is 1.81. The van der Waals surface area contributed by atoms with Crippen molar-refractivity contribution in [2.45, 2.75) is 12.7 Å². The number of alkyl halides is 2. The van der Waals surface area contributed by atoms with Crippen LogP contribution in [0.4, 0.5) is 8.78 Å². The largest absolute Gasteiger partial charge is 0.493 e. The molecule has 150 valence electrons. The van der Waals surface area contributed by atoms with Crippen molar-refractivity contribution in [3.63, 3.8) is 0 Å². The van der Waals surface area contributed by atoms with Crippen molar-refractivity contribution in [3.8, 4) is 11.5 Å². The second-order valence-corrected chi connectivity index (χ2v) is 6.94. The molecule has 3 aromatic rings. The fourth-order valence-corrected chi connectivity index (χ4v) is 3.62. The van der Waals surface area contributed by atoms with Crippen molar-refractivity contribution in [1.29, 1.82) is 0 Å². The van der Waals surface area contributed by atoms with Crippen molar-refractivity contribution in [3.05, 3.63) is 88.1 Å². The van der Waals surface area contributed by atoms with Crippen molar-refractivity contribution in [1.82, 2.24) is 5.32 Å². The second kappa shape index (κ2) is 9.84. The van der Waals surface area contributed by atoms with Gasteiger partial charge in [-0.1, -0.05) is 48.5 Å². The van der Waals surface area contributed by atoms with Crippen molar-refractivity contribution < 1.29 is 23.0 Å². The average molecular weight is 415 g/mol. The monoisotopic (exact) mass is 415 g/mol. The van der Waals surface area contributed by atoms with Gasteiger partial charge in [-0.3, -0.25) is 4.79 Å². The van der Waals surface area contributed by atoms with Crippen LogP contribution in [0.5, 0.6) is 11.5 Å². The van der Waals surface area contributed by atoms with E-state index in [1.165, 1.54) is 36.7 Å². The maximum atomic E-state index is 12.8. The summed E-state index contributed by atoms with van der Waals surface area (Å²) in [6.07, 6.45) is 2.71. The van der Waals surface area contributed by atoms with E-state index < -0.39 is 6.61 Å². The maximum Gasteiger partial charge on any atom is 0.387 e. The first kappa shape index (κ1) is 20.5. The number of nitrogens with one attached hydrogen (secondary N) is 1. The third-order valence-corrected chi connectivity index (χ3v) is 5.03. The molecule has 0 aliphatic carbocycles. The van der Waals surface area contributed by atoms with Crippen molar-refractivity contribution in [2.75, 3.05) is 7.11 Å². The summed E-state index contributed by atoms with van der Waals surface area (Å²) in [5, 5.41) is 4.90. The van der Waals surface area contributed by atoms with E-state index in [1.807, 2.05) is 47.8 Å². The smallest absolute Gasteiger partial charge is 0.387 e. The Bertz CT molecular complexity index is 959. The summed E-state index contributed by atoms with van der Waals surface area (Å²) in [6.45, 7) is -3.01. The lowest BCUT2D eigenvalue weighted by Crippen LogP contribution is -2.27. The second-order valence-electron chi connectivity index (χ2n) is 5.96. The molecule has 1 unspecified atom stereocenters. The number of ether oxygens (including phenoxy) is 2. The van der Waals surface area contributed by atoms with Crippen LogP contribution < -0.4 is 14.8 Å². The predicted octanol–water partition coefficient (Wildman–Crippen LogP) is 5.28. The fourth-order valence-electron chi connectivity index (χ4n) is 2.82. The molecule has 2 aromatic carbocycles. The Morgan fingerprint density at radius 2 is 1.86 bits per heavy atom. The minimum Gasteiger partial charge on any atom is -0.493 e. The van der Waals surface area contributed by atoms with Gasteiger partial charge in [-0.15, -0.1) is 11.3 Å². The number of carbonyl (C=O) groups is 1. The Morgan fingerprint density at radius 1 is 1.07 bits per heavy atom. The lowest BCUT2D eigenvalue weighted by molar-refractivity contribution is -0.116. The highest BCUT2D eigenvalue weighted by molar-refractivity contribution is 7.10. The van der Waals surface area contributed by atoms with Crippen LogP contribution in [-0.2, 0) is 4.79 Å². The van der Waals surface area contributed by atoms with Gasteiger partial charge < -0.3 is 14.8 Å². The number of thiophene rings is 1. The highest BCUT2D eigenvalue weighted by atomic mass is 32.1. The van der Waals surface area contributed by atoms with Crippen molar-refractivity contribution >= 4 is 23.3 Å². The van der Waals surface area contributed by atoms with Gasteiger partial charge in [-0.2, -0.15) is 8.78 Å². The third kappa shape index (κ3) is 5.42. The molecule has 1 amide bonds. The molecule has 4 nitrogen and oxygen atoms in total. The molecule has 0 saturated heterocycles. The van der Waals surface area contributed by atoms with Gasteiger partial charge >= 0.3 is 6.61 Å². The molecule has 0 aliphatic rings. The van der Waals surface area contributed by atoms with Crippen LogP contribution in [0.1, 0.15) is 22.0 Å². The summed E-state index contributed by atoms with van der Waals surface area (Å²) in [6, 6.07) is 17.9. The molecule has 1 heterocycles. The Labute approximate surface area is 171 Å². The van der Waals surface area contributed by atoms with E-state index in [1.54, 1.807) is 12.1 Å². The number of halogens is 2. The molecule has 3 rings (SSSR count). The van der Waals surface area contributed by atoms with Gasteiger partial charge in [0.15, 0.2) is 11.5 Å². The number of benzene rings is 2. The van der Waals surface area contributed by atoms with Crippen LogP contribution in [-0.4, -0.2) is 19.6 Å². The normalized spacial score (nSPS) is 12.1. The lowest BCUT2D eigenvalue weighted by Gasteiger charge is -2.17. The number of amides is 1. The standard InChI is InChI=1S/C22H19F2NO3S/c1-27-17-10-5-9-16(21(17)28-22(23)24)12-13-19(26)25-20(18-11-6-14-29-18)15-7-3-2-4-8-15/h2-14,20,22H,1H3,(H,25,26)/b13-12+. The van der Waals surface area contributed by atoms with E-state index in [4.69, 9.17) is 4.74 Å². The molecule has 29 heavy (non-hydrogen) atoms. The molecular weight excluding hydrogens is 396 g/mol. The zero-order valence-electron chi connectivity index (χ0n) is 15.5. The van der Waals surface area contributed by atoms with Crippen LogP contribution in [0, 0.1) is 0 Å². The Hall–Kier alpha value is -3.19. The summed E-state index contributed by atoms with van der Waals surface area (Å²) in [4.78, 5) is 13.6. The summed E-state index contributed by atoms with van der Waals surface area (Å²) in [5.74, 6) is -0.321. The van der Waals surface area contributed by atoms with Gasteiger partial charge in [0, 0.05) is 16.5 Å². The van der Waals surface area contributed by atoms with E-state index in [-0.39, 0.29) is 23.4 Å². The van der Waals surface area contributed by atoms with Crippen LogP contribution >= 0.6 is 11.3 Å². The maximum absolute atomic E-state index is 12.8. The number of rotatable bonds is 8. The van der Waals surface area contributed by atoms with Crippen LogP contribution in [0.3, 0.4) is 0 Å². The number of methoxy groups -OCH3 is 1. The van der Waals surface area contributed by atoms with Crippen LogP contribution in [0.2, 0.25) is 0 Å². The lowest BCUT2D eigenvalue weighted by atomic mass is 10.1. The summed E-state index contributed by atoms with van der Waals surface area (Å²) in [7, 11) is 1.36. The van der Waals surface area contributed by atoms with E-state index >= 15 is 0 Å². The molecular formula is C22H19F2NO3S. The molecule has 0 radical (unpaired) electrons. The number of hydrogen-bond acceptors (Lipinski definition) is 4. The summed E-state index contributed by atoms with van der Waals surface area (Å²) in [5.41, 5.74) is 1.26. The summed E-state index contributed by atoms with van der Waals surface area (Å²) >= 11 is 1.54. The first-order valence-electron chi connectivity index (χ1n) is 8.77. The molecule has 0 aliphatic heterocycles. The molecule has 0 saturated carbocycles. The highest BCUT2D eigenvalue weighted by Crippen LogP contribution is 2.33. The topological polar surface area (TPSA) is 47.6 Å². The van der Waals surface area contributed by atoms with Gasteiger partial charge in [0.2, 0.25) is 5.91 Å². The predicted molar refractivity (Wildman–Crippen MR) is 109 cm³/mol. The van der Waals surface area contributed by atoms with Gasteiger partial charge in [-0.05, 0) is 29.2 Å². The molecule has 0 bridgehead atoms. The molecule has 0 spiro atoms. The quantitative estimate of drug-likeness (QED) is 0.510. The van der Waals surface area contributed by atoms with E-state index in [0.29, 0.717) is 5.56 Å². The minimum atomic E-state index is -3.01. The van der Waals surface area contributed by atoms with E-state index in [2.05, 4.69) is 10.1 Å². The van der Waals surface area contributed by atoms with Crippen LogP contribution in [0.15, 0.2) is 72.1 Å². The van der Waals surface area contributed by atoms with Gasteiger partial charge in [-0.25, -0.2) is 0 Å². The molecule has 1 N–H and O–H groups in total. The Morgan fingerprint density at radius 3 is 2.52 bits per heavy atom. The SMILES string of the molecule is COc1cccc(/C=C/C(=O)NC(c2ccccc2)c2cccs2)c1OC(F)F. The number of carbonyl (C=O) groups excluding carboxylic acids is 1. The van der Waals surface area contributed by atoms with Crippen LogP contribution in [0.25, 0.3) is 6.08 Å².